The monoisotopic (exact) mass is 357 g/mol. The number of halogens is 1. The van der Waals surface area contributed by atoms with Gasteiger partial charge in [0, 0.05) is 17.2 Å². The van der Waals surface area contributed by atoms with Gasteiger partial charge in [-0.2, -0.15) is 0 Å². The number of ether oxygens (including phenoxy) is 1. The van der Waals surface area contributed by atoms with Crippen LogP contribution in [0.1, 0.15) is 63.6 Å². The molecule has 0 atom stereocenters. The van der Waals surface area contributed by atoms with Gasteiger partial charge in [0.15, 0.2) is 0 Å². The van der Waals surface area contributed by atoms with Crippen LogP contribution in [0.3, 0.4) is 0 Å². The third kappa shape index (κ3) is 3.55. The van der Waals surface area contributed by atoms with Crippen molar-refractivity contribution in [3.63, 3.8) is 0 Å². The lowest BCUT2D eigenvalue weighted by atomic mass is 9.63. The number of fused-ring (bicyclic) bond motifs is 1. The molecular formula is C22H28ClNO. The zero-order chi connectivity index (χ0) is 18.2. The summed E-state index contributed by atoms with van der Waals surface area (Å²) in [5, 5.41) is 0.910. The maximum atomic E-state index is 6.88. The first-order valence-corrected chi connectivity index (χ1v) is 9.40. The fourth-order valence-electron chi connectivity index (χ4n) is 3.83. The Bertz CT molecular complexity index is 768. The molecular weight excluding hydrogens is 330 g/mol. The molecule has 0 spiro atoms. The number of hydrogen-bond donors (Lipinski definition) is 0. The number of methoxy groups -OCH3 is 1. The highest BCUT2D eigenvalue weighted by molar-refractivity contribution is 6.32. The molecule has 134 valence electrons. The Morgan fingerprint density at radius 1 is 1.08 bits per heavy atom. The highest BCUT2D eigenvalue weighted by Crippen LogP contribution is 2.49. The van der Waals surface area contributed by atoms with E-state index in [0.717, 1.165) is 34.9 Å². The molecule has 0 saturated carbocycles. The fraction of sp³-hybridized carbons (Fsp3) is 0.500. The van der Waals surface area contributed by atoms with Crippen LogP contribution in [0.4, 0.5) is 0 Å². The SMILES string of the molecule is COC1=CCC(=NCc2ccc3c(c2Cl)C(C)(C)CCC3(C)C)C=C1. The number of aliphatic imine (C=N–C) groups is 1. The molecule has 2 aliphatic carbocycles. The van der Waals surface area contributed by atoms with Gasteiger partial charge in [-0.05, 0) is 58.6 Å². The van der Waals surface area contributed by atoms with Gasteiger partial charge in [0.2, 0.25) is 0 Å². The van der Waals surface area contributed by atoms with E-state index in [1.807, 2.05) is 12.2 Å². The molecule has 0 unspecified atom stereocenters. The molecule has 0 aromatic heterocycles. The van der Waals surface area contributed by atoms with Crippen molar-refractivity contribution in [2.75, 3.05) is 7.11 Å². The number of rotatable bonds is 3. The number of benzene rings is 1. The van der Waals surface area contributed by atoms with Crippen molar-refractivity contribution in [1.29, 1.82) is 0 Å². The van der Waals surface area contributed by atoms with Crippen molar-refractivity contribution in [2.24, 2.45) is 4.99 Å². The summed E-state index contributed by atoms with van der Waals surface area (Å²) in [5.41, 5.74) is 5.21. The predicted molar refractivity (Wildman–Crippen MR) is 107 cm³/mol. The van der Waals surface area contributed by atoms with E-state index in [4.69, 9.17) is 21.3 Å². The van der Waals surface area contributed by atoms with E-state index in [1.54, 1.807) is 7.11 Å². The summed E-state index contributed by atoms with van der Waals surface area (Å²) in [5.74, 6) is 0.898. The minimum atomic E-state index is 0.117. The summed E-state index contributed by atoms with van der Waals surface area (Å²) in [4.78, 5) is 4.76. The Morgan fingerprint density at radius 3 is 2.44 bits per heavy atom. The highest BCUT2D eigenvalue weighted by atomic mass is 35.5. The minimum absolute atomic E-state index is 0.117. The summed E-state index contributed by atoms with van der Waals surface area (Å²) in [7, 11) is 1.69. The normalized spacial score (nSPS) is 22.5. The summed E-state index contributed by atoms with van der Waals surface area (Å²) in [6.07, 6.45) is 9.21. The first-order chi connectivity index (χ1) is 11.7. The smallest absolute Gasteiger partial charge is 0.115 e. The minimum Gasteiger partial charge on any atom is -0.497 e. The lowest BCUT2D eigenvalue weighted by Crippen LogP contribution is -2.34. The maximum Gasteiger partial charge on any atom is 0.115 e. The Labute approximate surface area is 156 Å². The topological polar surface area (TPSA) is 21.6 Å². The van der Waals surface area contributed by atoms with Gasteiger partial charge >= 0.3 is 0 Å². The number of hydrogen-bond acceptors (Lipinski definition) is 2. The fourth-order valence-corrected chi connectivity index (χ4v) is 4.31. The molecule has 0 saturated heterocycles. The van der Waals surface area contributed by atoms with Crippen LogP contribution in [0.5, 0.6) is 0 Å². The molecule has 0 radical (unpaired) electrons. The van der Waals surface area contributed by atoms with Gasteiger partial charge in [-0.1, -0.05) is 51.4 Å². The van der Waals surface area contributed by atoms with Crippen LogP contribution in [-0.4, -0.2) is 12.8 Å². The second-order valence-corrected chi connectivity index (χ2v) is 8.76. The van der Waals surface area contributed by atoms with E-state index < -0.39 is 0 Å². The Balaban J connectivity index is 1.90. The predicted octanol–water partition coefficient (Wildman–Crippen LogP) is 6.12. The van der Waals surface area contributed by atoms with Crippen LogP contribution in [-0.2, 0) is 22.1 Å². The van der Waals surface area contributed by atoms with Crippen LogP contribution >= 0.6 is 11.6 Å². The average molecular weight is 358 g/mol. The molecule has 1 aromatic rings. The van der Waals surface area contributed by atoms with Crippen molar-refractivity contribution < 1.29 is 4.74 Å². The van der Waals surface area contributed by atoms with Crippen molar-refractivity contribution in [3.05, 3.63) is 57.8 Å². The standard InChI is InChI=1S/C22H28ClNO/c1-21(2)12-13-22(3,4)19-18(21)11-6-15(20(19)23)14-24-16-7-9-17(25-5)10-8-16/h6-7,9-11H,8,12-14H2,1-5H3. The molecule has 0 fully saturated rings. The van der Waals surface area contributed by atoms with E-state index in [9.17, 15) is 0 Å². The van der Waals surface area contributed by atoms with Crippen LogP contribution in [0.25, 0.3) is 0 Å². The molecule has 2 nitrogen and oxygen atoms in total. The van der Waals surface area contributed by atoms with Crippen molar-refractivity contribution in [1.82, 2.24) is 0 Å². The quantitative estimate of drug-likeness (QED) is 0.638. The lowest BCUT2D eigenvalue weighted by molar-refractivity contribution is 0.305. The van der Waals surface area contributed by atoms with E-state index in [2.05, 4.69) is 45.9 Å². The third-order valence-electron chi connectivity index (χ3n) is 5.64. The average Bonchev–Trinajstić information content (AvgIpc) is 2.58. The third-order valence-corrected chi connectivity index (χ3v) is 6.08. The molecule has 0 N–H and O–H groups in total. The molecule has 3 heteroatoms. The van der Waals surface area contributed by atoms with Gasteiger partial charge in [-0.15, -0.1) is 0 Å². The Hall–Kier alpha value is -1.54. The summed E-state index contributed by atoms with van der Waals surface area (Å²) < 4.78 is 5.22. The van der Waals surface area contributed by atoms with Crippen molar-refractivity contribution in [3.8, 4) is 0 Å². The van der Waals surface area contributed by atoms with Crippen LogP contribution < -0.4 is 0 Å². The number of nitrogens with zero attached hydrogens (tertiary/aromatic N) is 1. The van der Waals surface area contributed by atoms with E-state index in [-0.39, 0.29) is 10.8 Å². The van der Waals surface area contributed by atoms with Gasteiger partial charge in [-0.3, -0.25) is 4.99 Å². The van der Waals surface area contributed by atoms with Gasteiger partial charge in [0.1, 0.15) is 5.76 Å². The molecule has 0 amide bonds. The van der Waals surface area contributed by atoms with Gasteiger partial charge in [-0.25, -0.2) is 0 Å². The summed E-state index contributed by atoms with van der Waals surface area (Å²) >= 11 is 6.88. The molecule has 1 aromatic carbocycles. The Morgan fingerprint density at radius 2 is 1.80 bits per heavy atom. The Kier molecular flexibility index (Phi) is 4.85. The summed E-state index contributed by atoms with van der Waals surface area (Å²) in [6.45, 7) is 9.89. The molecule has 0 aliphatic heterocycles. The molecule has 0 bridgehead atoms. The largest absolute Gasteiger partial charge is 0.497 e. The van der Waals surface area contributed by atoms with Gasteiger partial charge in [0.25, 0.3) is 0 Å². The van der Waals surface area contributed by atoms with E-state index >= 15 is 0 Å². The second-order valence-electron chi connectivity index (χ2n) is 8.38. The molecule has 3 rings (SSSR count). The van der Waals surface area contributed by atoms with Crippen molar-refractivity contribution >= 4 is 17.3 Å². The second kappa shape index (κ2) is 6.64. The van der Waals surface area contributed by atoms with E-state index in [1.165, 1.54) is 17.5 Å². The maximum absolute atomic E-state index is 6.88. The molecule has 2 aliphatic rings. The number of allylic oxidation sites excluding steroid dienone is 3. The van der Waals surface area contributed by atoms with Crippen LogP contribution in [0.2, 0.25) is 5.02 Å². The van der Waals surface area contributed by atoms with Crippen molar-refractivity contribution in [2.45, 2.75) is 64.3 Å². The first-order valence-electron chi connectivity index (χ1n) is 9.02. The highest BCUT2D eigenvalue weighted by Gasteiger charge is 2.38. The zero-order valence-corrected chi connectivity index (χ0v) is 16.7. The lowest BCUT2D eigenvalue weighted by Gasteiger charge is -2.42. The van der Waals surface area contributed by atoms with Gasteiger partial charge < -0.3 is 4.74 Å². The first kappa shape index (κ1) is 18.3. The molecule has 25 heavy (non-hydrogen) atoms. The van der Waals surface area contributed by atoms with E-state index in [0.29, 0.717) is 6.54 Å². The van der Waals surface area contributed by atoms with Crippen LogP contribution in [0, 0.1) is 0 Å². The van der Waals surface area contributed by atoms with Crippen LogP contribution in [0.15, 0.2) is 41.1 Å². The molecule has 0 heterocycles. The van der Waals surface area contributed by atoms with Gasteiger partial charge in [0.05, 0.1) is 13.7 Å². The summed E-state index contributed by atoms with van der Waals surface area (Å²) in [6, 6.07) is 4.44. The zero-order valence-electron chi connectivity index (χ0n) is 15.9.